The highest BCUT2D eigenvalue weighted by molar-refractivity contribution is 5.87. The fourth-order valence-electron chi connectivity index (χ4n) is 3.69. The lowest BCUT2D eigenvalue weighted by atomic mass is 9.94. The average molecular weight is 397 g/mol. The Morgan fingerprint density at radius 1 is 1.07 bits per heavy atom. The SMILES string of the molecule is C[C@H](NC(=O)OC(C)(C)C)C(=O)N1CCC(C(=O)N2CCC[C@H]2C(=O)O)CC1. The van der Waals surface area contributed by atoms with Crippen LogP contribution < -0.4 is 5.32 Å². The summed E-state index contributed by atoms with van der Waals surface area (Å²) in [6.45, 7) is 8.13. The number of aliphatic carboxylic acids is 1. The number of carbonyl (C=O) groups is 4. The molecule has 0 unspecified atom stereocenters. The molecule has 2 N–H and O–H groups in total. The van der Waals surface area contributed by atoms with Crippen molar-refractivity contribution in [3.8, 4) is 0 Å². The first-order valence-electron chi connectivity index (χ1n) is 9.81. The van der Waals surface area contributed by atoms with Crippen LogP contribution >= 0.6 is 0 Å². The molecule has 9 nitrogen and oxygen atoms in total. The molecule has 158 valence electrons. The van der Waals surface area contributed by atoms with E-state index < -0.39 is 29.7 Å². The second kappa shape index (κ2) is 8.79. The van der Waals surface area contributed by atoms with Crippen molar-refractivity contribution >= 4 is 23.9 Å². The van der Waals surface area contributed by atoms with Gasteiger partial charge in [0.2, 0.25) is 11.8 Å². The Bertz CT molecular complexity index is 622. The van der Waals surface area contributed by atoms with Gasteiger partial charge in [0.1, 0.15) is 17.7 Å². The summed E-state index contributed by atoms with van der Waals surface area (Å²) in [4.78, 5) is 51.5. The molecule has 0 aliphatic carbocycles. The molecule has 2 aliphatic rings. The highest BCUT2D eigenvalue weighted by atomic mass is 16.6. The first-order chi connectivity index (χ1) is 13.0. The minimum Gasteiger partial charge on any atom is -0.480 e. The van der Waals surface area contributed by atoms with Gasteiger partial charge in [-0.15, -0.1) is 0 Å². The second-order valence-corrected chi connectivity index (χ2v) is 8.50. The van der Waals surface area contributed by atoms with E-state index in [0.717, 1.165) is 0 Å². The molecule has 0 radical (unpaired) electrons. The van der Waals surface area contributed by atoms with E-state index >= 15 is 0 Å². The Hall–Kier alpha value is -2.32. The number of likely N-dealkylation sites (tertiary alicyclic amines) is 2. The summed E-state index contributed by atoms with van der Waals surface area (Å²) in [5, 5.41) is 11.8. The number of alkyl carbamates (subject to hydrolysis) is 1. The summed E-state index contributed by atoms with van der Waals surface area (Å²) < 4.78 is 5.16. The van der Waals surface area contributed by atoms with Crippen molar-refractivity contribution in [1.82, 2.24) is 15.1 Å². The van der Waals surface area contributed by atoms with Crippen molar-refractivity contribution in [2.45, 2.75) is 71.1 Å². The third kappa shape index (κ3) is 5.59. The first kappa shape index (κ1) is 22.0. The molecule has 3 amide bonds. The van der Waals surface area contributed by atoms with Crippen LogP contribution in [-0.2, 0) is 19.1 Å². The van der Waals surface area contributed by atoms with Gasteiger partial charge in [0.15, 0.2) is 0 Å². The van der Waals surface area contributed by atoms with Crippen LogP contribution in [0.5, 0.6) is 0 Å². The molecule has 2 atom stereocenters. The number of hydrogen-bond donors (Lipinski definition) is 2. The molecule has 2 fully saturated rings. The van der Waals surface area contributed by atoms with E-state index in [0.29, 0.717) is 45.3 Å². The minimum atomic E-state index is -0.958. The lowest BCUT2D eigenvalue weighted by Crippen LogP contribution is -2.52. The number of nitrogens with one attached hydrogen (secondary N) is 1. The third-order valence-corrected chi connectivity index (χ3v) is 5.08. The van der Waals surface area contributed by atoms with E-state index in [1.165, 1.54) is 4.90 Å². The van der Waals surface area contributed by atoms with Crippen LogP contribution in [0.15, 0.2) is 0 Å². The van der Waals surface area contributed by atoms with Gasteiger partial charge in [-0.05, 0) is 53.4 Å². The van der Waals surface area contributed by atoms with Crippen LogP contribution in [0.3, 0.4) is 0 Å². The van der Waals surface area contributed by atoms with Crippen LogP contribution in [0.25, 0.3) is 0 Å². The molecule has 0 saturated carbocycles. The number of carboxylic acids is 1. The lowest BCUT2D eigenvalue weighted by Gasteiger charge is -2.35. The Morgan fingerprint density at radius 2 is 1.68 bits per heavy atom. The Kier molecular flexibility index (Phi) is 6.90. The maximum Gasteiger partial charge on any atom is 0.408 e. The highest BCUT2D eigenvalue weighted by Crippen LogP contribution is 2.25. The molecule has 0 spiro atoms. The highest BCUT2D eigenvalue weighted by Gasteiger charge is 2.38. The smallest absolute Gasteiger partial charge is 0.408 e. The molecule has 9 heteroatoms. The zero-order valence-electron chi connectivity index (χ0n) is 17.1. The summed E-state index contributed by atoms with van der Waals surface area (Å²) in [7, 11) is 0. The van der Waals surface area contributed by atoms with Crippen molar-refractivity contribution in [2.24, 2.45) is 5.92 Å². The molecule has 0 bridgehead atoms. The van der Waals surface area contributed by atoms with Crippen LogP contribution in [0.2, 0.25) is 0 Å². The maximum absolute atomic E-state index is 12.7. The maximum atomic E-state index is 12.7. The van der Waals surface area contributed by atoms with Gasteiger partial charge in [0.25, 0.3) is 0 Å². The van der Waals surface area contributed by atoms with Crippen LogP contribution in [-0.4, -0.2) is 76.1 Å². The number of piperidine rings is 1. The number of rotatable bonds is 4. The predicted molar refractivity (Wildman–Crippen MR) is 101 cm³/mol. The summed E-state index contributed by atoms with van der Waals surface area (Å²) >= 11 is 0. The number of nitrogens with zero attached hydrogens (tertiary/aromatic N) is 2. The standard InChI is InChI=1S/C19H31N3O6/c1-12(20-18(27)28-19(2,3)4)15(23)21-10-7-13(8-11-21)16(24)22-9-5-6-14(22)17(25)26/h12-14H,5-11H2,1-4H3,(H,20,27)(H,25,26)/t12-,14-/m0/s1. The monoisotopic (exact) mass is 397 g/mol. The van der Waals surface area contributed by atoms with Crippen molar-refractivity contribution in [2.75, 3.05) is 19.6 Å². The molecule has 2 saturated heterocycles. The van der Waals surface area contributed by atoms with Gasteiger partial charge >= 0.3 is 12.1 Å². The number of amides is 3. The molecular formula is C19H31N3O6. The summed E-state index contributed by atoms with van der Waals surface area (Å²) in [5.41, 5.74) is -0.644. The van der Waals surface area contributed by atoms with Crippen molar-refractivity contribution < 1.29 is 29.0 Å². The van der Waals surface area contributed by atoms with E-state index in [4.69, 9.17) is 4.74 Å². The molecular weight excluding hydrogens is 366 g/mol. The number of ether oxygens (including phenoxy) is 1. The number of carbonyl (C=O) groups excluding carboxylic acids is 3. The summed E-state index contributed by atoms with van der Waals surface area (Å²) in [5.74, 6) is -1.57. The van der Waals surface area contributed by atoms with E-state index in [9.17, 15) is 24.3 Å². The van der Waals surface area contributed by atoms with Gasteiger partial charge in [-0.3, -0.25) is 9.59 Å². The Morgan fingerprint density at radius 3 is 2.21 bits per heavy atom. The van der Waals surface area contributed by atoms with E-state index in [1.54, 1.807) is 32.6 Å². The number of carboxylic acid groups (broad SMARTS) is 1. The zero-order chi connectivity index (χ0) is 21.1. The largest absolute Gasteiger partial charge is 0.480 e. The summed E-state index contributed by atoms with van der Waals surface area (Å²) in [6, 6.07) is -1.46. The Balaban J connectivity index is 1.84. The van der Waals surface area contributed by atoms with E-state index in [1.807, 2.05) is 0 Å². The fourth-order valence-corrected chi connectivity index (χ4v) is 3.69. The van der Waals surface area contributed by atoms with E-state index in [-0.39, 0.29) is 17.7 Å². The van der Waals surface area contributed by atoms with Crippen LogP contribution in [0.1, 0.15) is 53.4 Å². The van der Waals surface area contributed by atoms with Gasteiger partial charge in [0.05, 0.1) is 0 Å². The van der Waals surface area contributed by atoms with E-state index in [2.05, 4.69) is 5.32 Å². The van der Waals surface area contributed by atoms with Gasteiger partial charge in [-0.25, -0.2) is 9.59 Å². The van der Waals surface area contributed by atoms with Crippen molar-refractivity contribution in [3.05, 3.63) is 0 Å². The lowest BCUT2D eigenvalue weighted by molar-refractivity contribution is -0.151. The quantitative estimate of drug-likeness (QED) is 0.737. The first-order valence-corrected chi connectivity index (χ1v) is 9.81. The molecule has 28 heavy (non-hydrogen) atoms. The molecule has 0 aromatic carbocycles. The molecule has 2 rings (SSSR count). The molecule has 2 heterocycles. The minimum absolute atomic E-state index is 0.128. The second-order valence-electron chi connectivity index (χ2n) is 8.50. The fraction of sp³-hybridized carbons (Fsp3) is 0.789. The molecule has 0 aromatic heterocycles. The summed E-state index contributed by atoms with van der Waals surface area (Å²) in [6.07, 6.45) is 1.53. The van der Waals surface area contributed by atoms with Crippen LogP contribution in [0.4, 0.5) is 4.79 Å². The average Bonchev–Trinajstić information content (AvgIpc) is 3.08. The van der Waals surface area contributed by atoms with Crippen molar-refractivity contribution in [1.29, 1.82) is 0 Å². The molecule has 2 aliphatic heterocycles. The topological polar surface area (TPSA) is 116 Å². The normalized spacial score (nSPS) is 21.9. The number of hydrogen-bond acceptors (Lipinski definition) is 5. The van der Waals surface area contributed by atoms with Crippen LogP contribution in [0, 0.1) is 5.92 Å². The van der Waals surface area contributed by atoms with Gasteiger partial charge in [-0.2, -0.15) is 0 Å². The zero-order valence-corrected chi connectivity index (χ0v) is 17.1. The predicted octanol–water partition coefficient (Wildman–Crippen LogP) is 1.21. The van der Waals surface area contributed by atoms with Gasteiger partial charge in [0, 0.05) is 25.6 Å². The van der Waals surface area contributed by atoms with Crippen molar-refractivity contribution in [3.63, 3.8) is 0 Å². The third-order valence-electron chi connectivity index (χ3n) is 5.08. The Labute approximate surface area is 165 Å². The van der Waals surface area contributed by atoms with Gasteiger partial charge < -0.3 is 25.0 Å². The van der Waals surface area contributed by atoms with Gasteiger partial charge in [-0.1, -0.05) is 0 Å². The molecule has 0 aromatic rings.